The van der Waals surface area contributed by atoms with Gasteiger partial charge in [0.25, 0.3) is 0 Å². The van der Waals surface area contributed by atoms with Gasteiger partial charge in [-0.15, -0.1) is 0 Å². The Morgan fingerprint density at radius 1 is 1.31 bits per heavy atom. The van der Waals surface area contributed by atoms with Crippen LogP contribution in [0.2, 0.25) is 0 Å². The molecule has 16 heavy (non-hydrogen) atoms. The van der Waals surface area contributed by atoms with Crippen molar-refractivity contribution < 1.29 is 9.50 Å². The average molecular weight is 236 g/mol. The molecule has 2 rings (SSSR count). The van der Waals surface area contributed by atoms with Crippen LogP contribution in [0.5, 0.6) is 0 Å². The first-order chi connectivity index (χ1) is 7.66. The van der Waals surface area contributed by atoms with Crippen LogP contribution in [0.25, 0.3) is 0 Å². The van der Waals surface area contributed by atoms with Crippen molar-refractivity contribution in [2.75, 3.05) is 0 Å². The van der Waals surface area contributed by atoms with Crippen molar-refractivity contribution in [3.63, 3.8) is 0 Å². The largest absolute Gasteiger partial charge is 0.380 e. The van der Waals surface area contributed by atoms with Gasteiger partial charge in [-0.2, -0.15) is 11.3 Å². The second-order valence-electron chi connectivity index (χ2n) is 3.74. The summed E-state index contributed by atoms with van der Waals surface area (Å²) in [6, 6.07) is 8.02. The maximum absolute atomic E-state index is 13.2. The normalized spacial score (nSPS) is 14.7. The lowest BCUT2D eigenvalue weighted by atomic mass is 9.86. The zero-order valence-electron chi connectivity index (χ0n) is 8.98. The Balaban J connectivity index is 2.50. The predicted molar refractivity (Wildman–Crippen MR) is 64.0 cm³/mol. The summed E-state index contributed by atoms with van der Waals surface area (Å²) in [6.07, 6.45) is 0.521. The quantitative estimate of drug-likeness (QED) is 0.864. The first-order valence-corrected chi connectivity index (χ1v) is 6.12. The molecule has 1 N–H and O–H groups in total. The van der Waals surface area contributed by atoms with E-state index >= 15 is 0 Å². The SMILES string of the molecule is CCC(O)(c1ccsc1)c1cccc(F)c1. The van der Waals surface area contributed by atoms with Crippen molar-refractivity contribution in [1.29, 1.82) is 0 Å². The minimum atomic E-state index is -1.08. The van der Waals surface area contributed by atoms with Crippen molar-refractivity contribution in [3.8, 4) is 0 Å². The van der Waals surface area contributed by atoms with Crippen LogP contribution in [0.1, 0.15) is 24.5 Å². The molecule has 0 saturated heterocycles. The van der Waals surface area contributed by atoms with E-state index in [-0.39, 0.29) is 5.82 Å². The van der Waals surface area contributed by atoms with Gasteiger partial charge in [0.05, 0.1) is 0 Å². The number of hydrogen-bond acceptors (Lipinski definition) is 2. The second-order valence-corrected chi connectivity index (χ2v) is 4.52. The summed E-state index contributed by atoms with van der Waals surface area (Å²) in [5, 5.41) is 14.4. The van der Waals surface area contributed by atoms with Gasteiger partial charge in [0.15, 0.2) is 0 Å². The zero-order chi connectivity index (χ0) is 11.6. The summed E-state index contributed by atoms with van der Waals surface area (Å²) < 4.78 is 13.2. The van der Waals surface area contributed by atoms with Crippen molar-refractivity contribution in [3.05, 3.63) is 58.0 Å². The lowest BCUT2D eigenvalue weighted by molar-refractivity contribution is 0.0766. The summed E-state index contributed by atoms with van der Waals surface area (Å²) >= 11 is 1.53. The highest BCUT2D eigenvalue weighted by Gasteiger charge is 2.29. The highest BCUT2D eigenvalue weighted by Crippen LogP contribution is 2.34. The van der Waals surface area contributed by atoms with Crippen LogP contribution in [0.15, 0.2) is 41.1 Å². The smallest absolute Gasteiger partial charge is 0.123 e. The molecule has 0 fully saturated rings. The molecule has 0 aliphatic carbocycles. The Kier molecular flexibility index (Phi) is 3.08. The summed E-state index contributed by atoms with van der Waals surface area (Å²) in [7, 11) is 0. The van der Waals surface area contributed by atoms with Gasteiger partial charge in [-0.05, 0) is 46.5 Å². The molecule has 0 amide bonds. The van der Waals surface area contributed by atoms with Crippen LogP contribution in [0.4, 0.5) is 4.39 Å². The van der Waals surface area contributed by atoms with Gasteiger partial charge in [-0.1, -0.05) is 19.1 Å². The molecule has 0 aliphatic heterocycles. The van der Waals surface area contributed by atoms with Crippen LogP contribution < -0.4 is 0 Å². The van der Waals surface area contributed by atoms with Crippen LogP contribution in [0.3, 0.4) is 0 Å². The Bertz CT molecular complexity index is 467. The summed E-state index contributed by atoms with van der Waals surface area (Å²) in [4.78, 5) is 0. The maximum atomic E-state index is 13.2. The second kappa shape index (κ2) is 4.36. The lowest BCUT2D eigenvalue weighted by Crippen LogP contribution is -2.25. The van der Waals surface area contributed by atoms with Crippen LogP contribution in [-0.4, -0.2) is 5.11 Å². The minimum absolute atomic E-state index is 0.320. The first kappa shape index (κ1) is 11.3. The molecule has 1 heterocycles. The van der Waals surface area contributed by atoms with Gasteiger partial charge in [0.1, 0.15) is 11.4 Å². The van der Waals surface area contributed by atoms with Crippen molar-refractivity contribution in [2.24, 2.45) is 0 Å². The van der Waals surface area contributed by atoms with E-state index in [2.05, 4.69) is 0 Å². The van der Waals surface area contributed by atoms with Crippen molar-refractivity contribution >= 4 is 11.3 Å². The van der Waals surface area contributed by atoms with E-state index in [9.17, 15) is 9.50 Å². The van der Waals surface area contributed by atoms with E-state index in [1.165, 1.54) is 23.5 Å². The molecule has 0 spiro atoms. The standard InChI is InChI=1S/C13H13FOS/c1-2-13(15,11-6-7-16-9-11)10-4-3-5-12(14)8-10/h3-9,15H,2H2,1H3. The van der Waals surface area contributed by atoms with E-state index in [0.717, 1.165) is 5.56 Å². The third kappa shape index (κ3) is 1.88. The number of hydrogen-bond donors (Lipinski definition) is 1. The molecule has 3 heteroatoms. The average Bonchev–Trinajstić information content (AvgIpc) is 2.82. The van der Waals surface area contributed by atoms with Crippen LogP contribution in [0, 0.1) is 5.82 Å². The maximum Gasteiger partial charge on any atom is 0.123 e. The zero-order valence-corrected chi connectivity index (χ0v) is 9.80. The summed E-state index contributed by atoms with van der Waals surface area (Å²) in [6.45, 7) is 1.89. The molecule has 0 bridgehead atoms. The Hall–Kier alpha value is -1.19. The van der Waals surface area contributed by atoms with Crippen molar-refractivity contribution in [1.82, 2.24) is 0 Å². The topological polar surface area (TPSA) is 20.2 Å². The molecule has 84 valence electrons. The predicted octanol–water partition coefficient (Wildman–Crippen LogP) is 3.53. The molecule has 1 nitrogen and oxygen atoms in total. The first-order valence-electron chi connectivity index (χ1n) is 5.18. The molecule has 2 aromatic rings. The van der Waals surface area contributed by atoms with Gasteiger partial charge < -0.3 is 5.11 Å². The van der Waals surface area contributed by atoms with Gasteiger partial charge in [0.2, 0.25) is 0 Å². The highest BCUT2D eigenvalue weighted by atomic mass is 32.1. The fraction of sp³-hybridized carbons (Fsp3) is 0.231. The fourth-order valence-corrected chi connectivity index (χ4v) is 2.54. The monoisotopic (exact) mass is 236 g/mol. The number of halogens is 1. The molecule has 1 aromatic heterocycles. The summed E-state index contributed by atoms with van der Waals surface area (Å²) in [5.74, 6) is -0.320. The molecule has 1 aromatic carbocycles. The molecule has 0 aliphatic rings. The van der Waals surface area contributed by atoms with E-state index in [4.69, 9.17) is 0 Å². The van der Waals surface area contributed by atoms with E-state index in [0.29, 0.717) is 12.0 Å². The number of thiophene rings is 1. The molecule has 0 radical (unpaired) electrons. The number of aliphatic hydroxyl groups is 1. The van der Waals surface area contributed by atoms with Gasteiger partial charge >= 0.3 is 0 Å². The number of rotatable bonds is 3. The van der Waals surface area contributed by atoms with E-state index < -0.39 is 5.60 Å². The van der Waals surface area contributed by atoms with E-state index in [1.807, 2.05) is 23.8 Å². The fourth-order valence-electron chi connectivity index (χ4n) is 1.82. The molecule has 0 saturated carbocycles. The molecular weight excluding hydrogens is 223 g/mol. The van der Waals surface area contributed by atoms with Crippen LogP contribution >= 0.6 is 11.3 Å². The van der Waals surface area contributed by atoms with Crippen molar-refractivity contribution in [2.45, 2.75) is 18.9 Å². The van der Waals surface area contributed by atoms with Crippen LogP contribution in [-0.2, 0) is 5.60 Å². The Morgan fingerprint density at radius 2 is 2.12 bits per heavy atom. The molecule has 1 unspecified atom stereocenters. The molecule has 1 atom stereocenters. The molecular formula is C13H13FOS. The summed E-state index contributed by atoms with van der Waals surface area (Å²) in [5.41, 5.74) is 0.348. The van der Waals surface area contributed by atoms with E-state index in [1.54, 1.807) is 12.1 Å². The minimum Gasteiger partial charge on any atom is -0.380 e. The van der Waals surface area contributed by atoms with Gasteiger partial charge in [-0.3, -0.25) is 0 Å². The third-order valence-corrected chi connectivity index (χ3v) is 3.50. The Morgan fingerprint density at radius 3 is 2.69 bits per heavy atom. The van der Waals surface area contributed by atoms with Gasteiger partial charge in [-0.25, -0.2) is 4.39 Å². The Labute approximate surface area is 98.2 Å². The third-order valence-electron chi connectivity index (χ3n) is 2.81. The highest BCUT2D eigenvalue weighted by molar-refractivity contribution is 7.08. The number of benzene rings is 1. The lowest BCUT2D eigenvalue weighted by Gasteiger charge is -2.26. The van der Waals surface area contributed by atoms with Gasteiger partial charge in [0, 0.05) is 0 Å².